The minimum Gasteiger partial charge on any atom is -0.440 e. The lowest BCUT2D eigenvalue weighted by atomic mass is 10.1. The summed E-state index contributed by atoms with van der Waals surface area (Å²) in [5.41, 5.74) is 0. The predicted octanol–water partition coefficient (Wildman–Crippen LogP) is 1.24. The summed E-state index contributed by atoms with van der Waals surface area (Å²) >= 11 is 0. The van der Waals surface area contributed by atoms with Crippen molar-refractivity contribution < 1.29 is 17.6 Å². The van der Waals surface area contributed by atoms with Crippen molar-refractivity contribution in [3.8, 4) is 0 Å². The van der Waals surface area contributed by atoms with E-state index in [4.69, 9.17) is 4.42 Å². The Hall–Kier alpha value is -1.18. The van der Waals surface area contributed by atoms with Gasteiger partial charge < -0.3 is 9.32 Å². The molecular weight excluding hydrogens is 280 g/mol. The van der Waals surface area contributed by atoms with Crippen LogP contribution in [0, 0.1) is 0 Å². The zero-order valence-corrected chi connectivity index (χ0v) is 12.4. The number of piperidine rings is 1. The van der Waals surface area contributed by atoms with Crippen LogP contribution >= 0.6 is 0 Å². The molecule has 0 aromatic carbocycles. The smallest absolute Gasteiger partial charge is 0.274 e. The van der Waals surface area contributed by atoms with E-state index in [9.17, 15) is 13.2 Å². The molecule has 1 fully saturated rings. The first-order chi connectivity index (χ1) is 9.55. The van der Waals surface area contributed by atoms with Crippen molar-refractivity contribution in [2.24, 2.45) is 0 Å². The molecule has 1 N–H and O–H groups in total. The maximum Gasteiger partial charge on any atom is 0.274 e. The third-order valence-corrected chi connectivity index (χ3v) is 4.83. The maximum atomic E-state index is 12.1. The number of carbonyl (C=O) groups excluding carboxylic acids is 1. The van der Waals surface area contributed by atoms with Gasteiger partial charge in [0.2, 0.25) is 5.09 Å². The normalized spacial score (nSPS) is 18.2. The van der Waals surface area contributed by atoms with E-state index in [1.165, 1.54) is 12.1 Å². The second kappa shape index (κ2) is 6.51. The number of carbonyl (C=O) groups is 1. The van der Waals surface area contributed by atoms with E-state index in [0.29, 0.717) is 6.29 Å². The molecule has 1 aromatic rings. The first kappa shape index (κ1) is 15.2. The van der Waals surface area contributed by atoms with Gasteiger partial charge in [-0.15, -0.1) is 0 Å². The SMILES string of the molecule is CCCN1CCC(NS(=O)(=O)c2ccc(C=O)o2)CC1. The van der Waals surface area contributed by atoms with Crippen LogP contribution in [0.3, 0.4) is 0 Å². The van der Waals surface area contributed by atoms with Gasteiger partial charge in [-0.05, 0) is 51.0 Å². The Balaban J connectivity index is 1.94. The minimum atomic E-state index is -3.67. The first-order valence-corrected chi connectivity index (χ1v) is 8.33. The van der Waals surface area contributed by atoms with Gasteiger partial charge in [0.15, 0.2) is 12.0 Å². The van der Waals surface area contributed by atoms with Crippen LogP contribution in [0.15, 0.2) is 21.6 Å². The Bertz CT molecular complexity index is 544. The van der Waals surface area contributed by atoms with Crippen molar-refractivity contribution in [3.63, 3.8) is 0 Å². The van der Waals surface area contributed by atoms with E-state index >= 15 is 0 Å². The molecule has 2 heterocycles. The van der Waals surface area contributed by atoms with Gasteiger partial charge in [0.1, 0.15) is 0 Å². The van der Waals surface area contributed by atoms with Gasteiger partial charge in [0, 0.05) is 6.04 Å². The summed E-state index contributed by atoms with van der Waals surface area (Å²) in [7, 11) is -3.67. The molecule has 112 valence electrons. The third-order valence-electron chi connectivity index (χ3n) is 3.43. The lowest BCUT2D eigenvalue weighted by Crippen LogP contribution is -2.44. The fraction of sp³-hybridized carbons (Fsp3) is 0.615. The minimum absolute atomic E-state index is 0.0168. The van der Waals surface area contributed by atoms with E-state index in [-0.39, 0.29) is 16.9 Å². The number of hydrogen-bond acceptors (Lipinski definition) is 5. The molecule has 1 aromatic heterocycles. The van der Waals surface area contributed by atoms with Crippen molar-refractivity contribution >= 4 is 16.3 Å². The molecule has 0 saturated carbocycles. The first-order valence-electron chi connectivity index (χ1n) is 6.85. The summed E-state index contributed by atoms with van der Waals surface area (Å²) < 4.78 is 31.8. The zero-order chi connectivity index (χ0) is 14.6. The Morgan fingerprint density at radius 1 is 1.40 bits per heavy atom. The Kier molecular flexibility index (Phi) is 4.95. The maximum absolute atomic E-state index is 12.1. The fourth-order valence-corrected chi connectivity index (χ4v) is 3.65. The van der Waals surface area contributed by atoms with E-state index in [1.54, 1.807) is 0 Å². The highest BCUT2D eigenvalue weighted by Crippen LogP contribution is 2.16. The van der Waals surface area contributed by atoms with Crippen molar-refractivity contribution in [3.05, 3.63) is 17.9 Å². The largest absolute Gasteiger partial charge is 0.440 e. The van der Waals surface area contributed by atoms with E-state index < -0.39 is 10.0 Å². The van der Waals surface area contributed by atoms with Crippen LogP contribution in [0.5, 0.6) is 0 Å². The Morgan fingerprint density at radius 3 is 2.65 bits per heavy atom. The van der Waals surface area contributed by atoms with Crippen molar-refractivity contribution in [2.75, 3.05) is 19.6 Å². The van der Waals surface area contributed by atoms with Gasteiger partial charge >= 0.3 is 0 Å². The monoisotopic (exact) mass is 300 g/mol. The average molecular weight is 300 g/mol. The highest BCUT2D eigenvalue weighted by molar-refractivity contribution is 7.89. The molecule has 0 radical (unpaired) electrons. The third kappa shape index (κ3) is 3.68. The predicted molar refractivity (Wildman–Crippen MR) is 74.2 cm³/mol. The lowest BCUT2D eigenvalue weighted by Gasteiger charge is -2.31. The van der Waals surface area contributed by atoms with Crippen molar-refractivity contribution in [1.29, 1.82) is 0 Å². The Labute approximate surface area is 119 Å². The number of nitrogens with zero attached hydrogens (tertiary/aromatic N) is 1. The number of likely N-dealkylation sites (tertiary alicyclic amines) is 1. The van der Waals surface area contributed by atoms with E-state index in [2.05, 4.69) is 16.5 Å². The fourth-order valence-electron chi connectivity index (χ4n) is 2.41. The number of rotatable bonds is 6. The van der Waals surface area contributed by atoms with E-state index in [0.717, 1.165) is 38.9 Å². The number of nitrogens with one attached hydrogen (secondary N) is 1. The molecule has 7 heteroatoms. The summed E-state index contributed by atoms with van der Waals surface area (Å²) in [6.45, 7) is 4.99. The van der Waals surface area contributed by atoms with Crippen molar-refractivity contribution in [1.82, 2.24) is 9.62 Å². The zero-order valence-electron chi connectivity index (χ0n) is 11.5. The molecule has 0 amide bonds. The molecule has 0 unspecified atom stereocenters. The second-order valence-electron chi connectivity index (χ2n) is 5.01. The number of aldehydes is 1. The molecule has 2 rings (SSSR count). The summed E-state index contributed by atoms with van der Waals surface area (Å²) in [6, 6.07) is 2.59. The topological polar surface area (TPSA) is 79.6 Å². The van der Waals surface area contributed by atoms with E-state index in [1.807, 2.05) is 0 Å². The van der Waals surface area contributed by atoms with Gasteiger partial charge in [-0.3, -0.25) is 4.79 Å². The molecule has 6 nitrogen and oxygen atoms in total. The molecular formula is C13H20N2O4S. The number of sulfonamides is 1. The van der Waals surface area contributed by atoms with Gasteiger partial charge in [0.05, 0.1) is 0 Å². The van der Waals surface area contributed by atoms with Crippen LogP contribution in [0.25, 0.3) is 0 Å². The van der Waals surface area contributed by atoms with Crippen LogP contribution in [-0.2, 0) is 10.0 Å². The molecule has 20 heavy (non-hydrogen) atoms. The summed E-state index contributed by atoms with van der Waals surface area (Å²) in [4.78, 5) is 12.9. The second-order valence-corrected chi connectivity index (χ2v) is 6.66. The average Bonchev–Trinajstić information content (AvgIpc) is 2.91. The molecule has 0 aliphatic carbocycles. The van der Waals surface area contributed by atoms with Crippen LogP contribution in [0.1, 0.15) is 36.7 Å². The molecule has 1 aliphatic rings. The van der Waals surface area contributed by atoms with Gasteiger partial charge in [-0.2, -0.15) is 0 Å². The standard InChI is InChI=1S/C13H20N2O4S/c1-2-7-15-8-5-11(6-9-15)14-20(17,18)13-4-3-12(10-16)19-13/h3-4,10-11,14H,2,5-9H2,1H3. The summed E-state index contributed by atoms with van der Waals surface area (Å²) in [5, 5.41) is -0.199. The van der Waals surface area contributed by atoms with Crippen molar-refractivity contribution in [2.45, 2.75) is 37.3 Å². The molecule has 0 atom stereocenters. The molecule has 0 spiro atoms. The van der Waals surface area contributed by atoms with Crippen LogP contribution in [0.4, 0.5) is 0 Å². The highest BCUT2D eigenvalue weighted by Gasteiger charge is 2.26. The summed E-state index contributed by atoms with van der Waals surface area (Å²) in [6.07, 6.45) is 3.18. The van der Waals surface area contributed by atoms with Gasteiger partial charge in [-0.25, -0.2) is 13.1 Å². The van der Waals surface area contributed by atoms with Crippen LogP contribution in [-0.4, -0.2) is 45.3 Å². The molecule has 1 saturated heterocycles. The molecule has 0 bridgehead atoms. The molecule has 1 aliphatic heterocycles. The number of hydrogen-bond donors (Lipinski definition) is 1. The summed E-state index contributed by atoms with van der Waals surface area (Å²) in [5.74, 6) is 0.0168. The highest BCUT2D eigenvalue weighted by atomic mass is 32.2. The van der Waals surface area contributed by atoms with Crippen LogP contribution < -0.4 is 4.72 Å². The van der Waals surface area contributed by atoms with Gasteiger partial charge in [0.25, 0.3) is 10.0 Å². The number of furan rings is 1. The quantitative estimate of drug-likeness (QED) is 0.800. The Morgan fingerprint density at radius 2 is 2.10 bits per heavy atom. The van der Waals surface area contributed by atoms with Gasteiger partial charge in [-0.1, -0.05) is 6.92 Å². The van der Waals surface area contributed by atoms with Crippen LogP contribution in [0.2, 0.25) is 0 Å². The lowest BCUT2D eigenvalue weighted by molar-refractivity contribution is 0.109.